The zero-order chi connectivity index (χ0) is 20.3. The van der Waals surface area contributed by atoms with Gasteiger partial charge in [-0.3, -0.25) is 0 Å². The second-order valence-electron chi connectivity index (χ2n) is 7.43. The van der Waals surface area contributed by atoms with Gasteiger partial charge in [0.2, 0.25) is 0 Å². The van der Waals surface area contributed by atoms with E-state index in [1.165, 1.54) is 7.11 Å². The number of aryl methyl sites for hydroxylation is 1. The molecule has 1 atom stereocenters. The van der Waals surface area contributed by atoms with E-state index < -0.39 is 27.3 Å². The quantitative estimate of drug-likeness (QED) is 0.743. The molecule has 6 nitrogen and oxygen atoms in total. The second-order valence-corrected chi connectivity index (χ2v) is 8.85. The number of methoxy groups -OCH3 is 1. The minimum Gasteiger partial charge on any atom is -0.467 e. The smallest absolute Gasteiger partial charge is 0.336 e. The van der Waals surface area contributed by atoms with Crippen LogP contribution >= 0.6 is 0 Å². The summed E-state index contributed by atoms with van der Waals surface area (Å²) in [5, 5.41) is 0. The third-order valence-corrected chi connectivity index (χ3v) is 5.37. The highest BCUT2D eigenvalue weighted by Gasteiger charge is 2.47. The van der Waals surface area contributed by atoms with Crippen LogP contribution in [0.5, 0.6) is 0 Å². The van der Waals surface area contributed by atoms with Crippen LogP contribution in [0.2, 0.25) is 0 Å². The normalized spacial score (nSPS) is 14.4. The highest BCUT2D eigenvalue weighted by atomic mass is 32.2. The number of benzene rings is 2. The molecule has 0 aliphatic heterocycles. The first-order chi connectivity index (χ1) is 12.5. The van der Waals surface area contributed by atoms with Gasteiger partial charge in [-0.2, -0.15) is 17.9 Å². The molecule has 27 heavy (non-hydrogen) atoms. The lowest BCUT2D eigenvalue weighted by atomic mass is 9.83. The summed E-state index contributed by atoms with van der Waals surface area (Å²) >= 11 is 0. The molecule has 0 aromatic heterocycles. The van der Waals surface area contributed by atoms with Crippen LogP contribution in [0.4, 0.5) is 0 Å². The monoisotopic (exact) mass is 390 g/mol. The van der Waals surface area contributed by atoms with Crippen molar-refractivity contribution >= 4 is 16.2 Å². The Kier molecular flexibility index (Phi) is 6.09. The Balaban J connectivity index is 2.73. The van der Waals surface area contributed by atoms with Gasteiger partial charge < -0.3 is 4.74 Å². The molecule has 0 amide bonds. The minimum atomic E-state index is -4.06. The van der Waals surface area contributed by atoms with Crippen LogP contribution in [0, 0.1) is 6.92 Å². The zero-order valence-corrected chi connectivity index (χ0v) is 17.1. The zero-order valence-electron chi connectivity index (χ0n) is 16.2. The molecule has 0 fully saturated rings. The third kappa shape index (κ3) is 4.94. The Labute approximate surface area is 161 Å². The van der Waals surface area contributed by atoms with Crippen molar-refractivity contribution in [3.63, 3.8) is 0 Å². The van der Waals surface area contributed by atoms with Crippen LogP contribution in [0.15, 0.2) is 54.6 Å². The Morgan fingerprint density at radius 1 is 0.889 bits per heavy atom. The van der Waals surface area contributed by atoms with E-state index in [1.54, 1.807) is 63.2 Å². The molecule has 0 radical (unpaired) electrons. The van der Waals surface area contributed by atoms with Crippen molar-refractivity contribution < 1.29 is 17.9 Å². The van der Waals surface area contributed by atoms with Crippen LogP contribution in [0.1, 0.15) is 37.5 Å². The van der Waals surface area contributed by atoms with Gasteiger partial charge in [-0.1, -0.05) is 60.2 Å². The Bertz CT molecular complexity index is 888. The molecule has 0 bridgehead atoms. The molecule has 2 N–H and O–H groups in total. The fourth-order valence-electron chi connectivity index (χ4n) is 2.84. The van der Waals surface area contributed by atoms with Crippen LogP contribution in [0.25, 0.3) is 0 Å². The van der Waals surface area contributed by atoms with E-state index in [1.807, 2.05) is 19.1 Å². The maximum absolute atomic E-state index is 13.0. The van der Waals surface area contributed by atoms with E-state index in [9.17, 15) is 13.2 Å². The van der Waals surface area contributed by atoms with Gasteiger partial charge >= 0.3 is 5.97 Å². The van der Waals surface area contributed by atoms with Crippen molar-refractivity contribution in [3.05, 3.63) is 71.3 Å². The predicted molar refractivity (Wildman–Crippen MR) is 105 cm³/mol. The van der Waals surface area contributed by atoms with Crippen LogP contribution in [0.3, 0.4) is 0 Å². The lowest BCUT2D eigenvalue weighted by Gasteiger charge is -2.34. The van der Waals surface area contributed by atoms with Crippen molar-refractivity contribution in [3.8, 4) is 0 Å². The van der Waals surface area contributed by atoms with E-state index in [4.69, 9.17) is 4.74 Å². The van der Waals surface area contributed by atoms with Crippen molar-refractivity contribution in [2.75, 3.05) is 7.11 Å². The number of esters is 1. The Morgan fingerprint density at radius 2 is 1.41 bits per heavy atom. The average Bonchev–Trinajstić information content (AvgIpc) is 2.58. The molecule has 0 saturated heterocycles. The number of nitrogens with one attached hydrogen (secondary N) is 2. The van der Waals surface area contributed by atoms with Crippen molar-refractivity contribution in [1.29, 1.82) is 0 Å². The molecule has 0 spiro atoms. The fourth-order valence-corrected chi connectivity index (χ4v) is 4.42. The van der Waals surface area contributed by atoms with Gasteiger partial charge in [-0.05, 0) is 38.8 Å². The Morgan fingerprint density at radius 3 is 1.89 bits per heavy atom. The molecule has 0 aliphatic rings. The first-order valence-electron chi connectivity index (χ1n) is 8.54. The second kappa shape index (κ2) is 7.80. The van der Waals surface area contributed by atoms with Gasteiger partial charge in [0.1, 0.15) is 0 Å². The summed E-state index contributed by atoms with van der Waals surface area (Å²) in [7, 11) is -2.82. The van der Waals surface area contributed by atoms with E-state index in [0.29, 0.717) is 11.1 Å². The van der Waals surface area contributed by atoms with E-state index in [0.717, 1.165) is 5.56 Å². The number of hydrogen-bond donors (Lipinski definition) is 2. The van der Waals surface area contributed by atoms with Crippen molar-refractivity contribution in [1.82, 2.24) is 9.44 Å². The lowest BCUT2D eigenvalue weighted by molar-refractivity contribution is -0.146. The summed E-state index contributed by atoms with van der Waals surface area (Å²) < 4.78 is 35.9. The van der Waals surface area contributed by atoms with Gasteiger partial charge in [0.25, 0.3) is 10.2 Å². The molecule has 2 aromatic carbocycles. The van der Waals surface area contributed by atoms with E-state index in [2.05, 4.69) is 9.44 Å². The van der Waals surface area contributed by atoms with E-state index >= 15 is 0 Å². The van der Waals surface area contributed by atoms with Gasteiger partial charge in [0, 0.05) is 5.54 Å². The third-order valence-electron chi connectivity index (χ3n) is 3.91. The van der Waals surface area contributed by atoms with Crippen molar-refractivity contribution in [2.24, 2.45) is 0 Å². The molecular weight excluding hydrogens is 364 g/mol. The lowest BCUT2D eigenvalue weighted by Crippen LogP contribution is -2.58. The fraction of sp³-hybridized carbons (Fsp3) is 0.350. The summed E-state index contributed by atoms with van der Waals surface area (Å²) in [5.41, 5.74) is -0.537. The first-order valence-corrected chi connectivity index (χ1v) is 10.0. The van der Waals surface area contributed by atoms with E-state index in [-0.39, 0.29) is 0 Å². The molecular formula is C20H26N2O4S. The van der Waals surface area contributed by atoms with Gasteiger partial charge in [-0.15, -0.1) is 0 Å². The summed E-state index contributed by atoms with van der Waals surface area (Å²) in [6.07, 6.45) is 0. The Hall–Kier alpha value is -2.22. The molecule has 0 aliphatic carbocycles. The number of rotatable bonds is 6. The number of ether oxygens (including phenoxy) is 1. The topological polar surface area (TPSA) is 84.5 Å². The number of carbonyl (C=O) groups excluding carboxylic acids is 1. The van der Waals surface area contributed by atoms with Crippen LogP contribution in [-0.4, -0.2) is 27.0 Å². The van der Waals surface area contributed by atoms with Gasteiger partial charge in [0.15, 0.2) is 5.54 Å². The highest BCUT2D eigenvalue weighted by molar-refractivity contribution is 7.87. The molecule has 0 saturated carbocycles. The summed E-state index contributed by atoms with van der Waals surface area (Å²) in [6, 6.07) is 15.7. The standard InChI is InChI=1S/C20H26N2O4S/c1-15-11-13-17(14-12-15)20(18(23)26-5,16-9-7-6-8-10-16)22-27(24,25)21-19(2,3)4/h6-14,21-22H,1-5H3. The number of hydrogen-bond acceptors (Lipinski definition) is 4. The molecule has 7 heteroatoms. The van der Waals surface area contributed by atoms with Crippen LogP contribution in [-0.2, 0) is 25.3 Å². The minimum absolute atomic E-state index is 0.458. The summed E-state index contributed by atoms with van der Waals surface area (Å²) in [4.78, 5) is 13.0. The molecule has 146 valence electrons. The maximum Gasteiger partial charge on any atom is 0.336 e. The van der Waals surface area contributed by atoms with Crippen molar-refractivity contribution in [2.45, 2.75) is 38.8 Å². The molecule has 2 rings (SSSR count). The summed E-state index contributed by atoms with van der Waals surface area (Å²) in [6.45, 7) is 7.08. The highest BCUT2D eigenvalue weighted by Crippen LogP contribution is 2.32. The van der Waals surface area contributed by atoms with Crippen LogP contribution < -0.4 is 9.44 Å². The SMILES string of the molecule is COC(=O)C(NS(=O)(=O)NC(C)(C)C)(c1ccccc1)c1ccc(C)cc1. The predicted octanol–water partition coefficient (Wildman–Crippen LogP) is 2.63. The summed E-state index contributed by atoms with van der Waals surface area (Å²) in [5.74, 6) is -0.725. The largest absolute Gasteiger partial charge is 0.467 e. The van der Waals surface area contributed by atoms with Gasteiger partial charge in [0.05, 0.1) is 7.11 Å². The molecule has 1 unspecified atom stereocenters. The average molecular weight is 391 g/mol. The molecule has 2 aromatic rings. The van der Waals surface area contributed by atoms with Gasteiger partial charge in [-0.25, -0.2) is 4.79 Å². The number of carbonyl (C=O) groups is 1. The first kappa shape index (κ1) is 21.1. The molecule has 0 heterocycles. The maximum atomic E-state index is 13.0.